The van der Waals surface area contributed by atoms with Crippen LogP contribution in [0.5, 0.6) is 11.8 Å². The number of carbonyl (C=O) groups is 1. The van der Waals surface area contributed by atoms with E-state index < -0.39 is 17.9 Å². The molecule has 2 aromatic heterocycles. The van der Waals surface area contributed by atoms with E-state index in [0.29, 0.717) is 31.4 Å². The van der Waals surface area contributed by atoms with Crippen LogP contribution in [0, 0.1) is 5.92 Å². The second-order valence-corrected chi connectivity index (χ2v) is 13.6. The van der Waals surface area contributed by atoms with Gasteiger partial charge in [0.2, 0.25) is 11.8 Å². The van der Waals surface area contributed by atoms with Crippen LogP contribution in [0.3, 0.4) is 0 Å². The number of amides is 1. The lowest BCUT2D eigenvalue weighted by molar-refractivity contribution is 0.000721. The minimum absolute atomic E-state index is 0.0737. The van der Waals surface area contributed by atoms with Gasteiger partial charge in [-0.1, -0.05) is 42.5 Å². The molecule has 1 N–H and O–H groups in total. The summed E-state index contributed by atoms with van der Waals surface area (Å²) in [6.07, 6.45) is 1.18. The highest BCUT2D eigenvalue weighted by Gasteiger charge is 2.35. The van der Waals surface area contributed by atoms with E-state index in [0.717, 1.165) is 60.2 Å². The van der Waals surface area contributed by atoms with Gasteiger partial charge in [0.15, 0.2) is 0 Å². The molecular formula is C36H44FN5O4. The van der Waals surface area contributed by atoms with Crippen molar-refractivity contribution in [3.8, 4) is 23.0 Å². The summed E-state index contributed by atoms with van der Waals surface area (Å²) in [5.41, 5.74) is 4.21. The Bertz CT molecular complexity index is 1660. The summed E-state index contributed by atoms with van der Waals surface area (Å²) >= 11 is 0. The average molecular weight is 630 g/mol. The van der Waals surface area contributed by atoms with Gasteiger partial charge in [0, 0.05) is 37.5 Å². The Labute approximate surface area is 269 Å². The summed E-state index contributed by atoms with van der Waals surface area (Å²) in [6, 6.07) is 19.8. The van der Waals surface area contributed by atoms with E-state index in [9.17, 15) is 9.90 Å². The molecule has 2 aliphatic rings. The maximum Gasteiger partial charge on any atom is 0.410 e. The molecule has 2 aliphatic heterocycles. The van der Waals surface area contributed by atoms with Gasteiger partial charge >= 0.3 is 6.09 Å². The minimum atomic E-state index is -1.05. The fraction of sp³-hybridized carbons (Fsp3) is 0.472. The van der Waals surface area contributed by atoms with Crippen LogP contribution in [-0.4, -0.2) is 80.3 Å². The van der Waals surface area contributed by atoms with Crippen LogP contribution in [-0.2, 0) is 18.4 Å². The van der Waals surface area contributed by atoms with Crippen LogP contribution in [0.1, 0.15) is 57.1 Å². The van der Waals surface area contributed by atoms with E-state index in [4.69, 9.17) is 14.6 Å². The second-order valence-electron chi connectivity index (χ2n) is 13.6. The fourth-order valence-corrected chi connectivity index (χ4v) is 6.61. The van der Waals surface area contributed by atoms with Gasteiger partial charge in [-0.15, -0.1) is 0 Å². The van der Waals surface area contributed by atoms with Crippen LogP contribution in [0.15, 0.2) is 60.7 Å². The SMILES string of the molecule is Cn1nc(-c2ccc(O)nc2OCc2ccccc2)c2ccc(C3CCN(C[C@H]4CCN(C(=O)OC(C)(C)C)C[C@H]4F)CC3)cc21. The van der Waals surface area contributed by atoms with Crippen LogP contribution in [0.2, 0.25) is 0 Å². The van der Waals surface area contributed by atoms with E-state index >= 15 is 4.39 Å². The number of hydrogen-bond acceptors (Lipinski definition) is 7. The smallest absolute Gasteiger partial charge is 0.410 e. The van der Waals surface area contributed by atoms with Gasteiger partial charge in [-0.2, -0.15) is 10.1 Å². The predicted molar refractivity (Wildman–Crippen MR) is 176 cm³/mol. The lowest BCUT2D eigenvalue weighted by Gasteiger charge is -2.39. The quantitative estimate of drug-likeness (QED) is 0.243. The number of benzene rings is 2. The predicted octanol–water partition coefficient (Wildman–Crippen LogP) is 6.69. The molecule has 1 amide bonds. The summed E-state index contributed by atoms with van der Waals surface area (Å²) in [5.74, 6) is 0.574. The Morgan fingerprint density at radius 3 is 2.50 bits per heavy atom. The van der Waals surface area contributed by atoms with Crippen LogP contribution >= 0.6 is 0 Å². The number of halogens is 1. The highest BCUT2D eigenvalue weighted by atomic mass is 19.1. The standard InChI is InChI=1S/C36H44FN5O4/c1-36(2,3)46-35(44)42-19-16-27(30(37)22-42)21-41-17-14-25(15-18-41)26-10-11-28-31(20-26)40(4)39-33(28)29-12-13-32(43)38-34(29)45-23-24-8-6-5-7-9-24/h5-13,20,25,27,30H,14-19,21-23H2,1-4H3,(H,38,43)/t27-,30-/m1/s1. The topological polar surface area (TPSA) is 93.0 Å². The number of alkyl halides is 1. The molecule has 4 aromatic rings. The molecular weight excluding hydrogens is 585 g/mol. The van der Waals surface area contributed by atoms with Crippen molar-refractivity contribution in [2.45, 2.75) is 64.3 Å². The number of pyridine rings is 1. The zero-order valence-electron chi connectivity index (χ0n) is 27.2. The Hall–Kier alpha value is -4.18. The first-order valence-corrected chi connectivity index (χ1v) is 16.2. The van der Waals surface area contributed by atoms with Crippen molar-refractivity contribution in [1.82, 2.24) is 24.6 Å². The third-order valence-corrected chi connectivity index (χ3v) is 9.07. The Morgan fingerprint density at radius 1 is 1.02 bits per heavy atom. The average Bonchev–Trinajstić information content (AvgIpc) is 3.36. The highest BCUT2D eigenvalue weighted by molar-refractivity contribution is 5.95. The number of aromatic nitrogens is 3. The molecule has 0 bridgehead atoms. The van der Waals surface area contributed by atoms with Crippen LogP contribution in [0.4, 0.5) is 9.18 Å². The van der Waals surface area contributed by atoms with E-state index in [2.05, 4.69) is 28.1 Å². The van der Waals surface area contributed by atoms with Crippen LogP contribution in [0.25, 0.3) is 22.2 Å². The molecule has 0 aliphatic carbocycles. The summed E-state index contributed by atoms with van der Waals surface area (Å²) in [5, 5.41) is 16.0. The summed E-state index contributed by atoms with van der Waals surface area (Å²) in [6.45, 7) is 9.00. The highest BCUT2D eigenvalue weighted by Crippen LogP contribution is 2.37. The molecule has 9 nitrogen and oxygen atoms in total. The molecule has 2 atom stereocenters. The molecule has 0 unspecified atom stereocenters. The molecule has 10 heteroatoms. The van der Waals surface area contributed by atoms with Gasteiger partial charge < -0.3 is 24.4 Å². The van der Waals surface area contributed by atoms with Gasteiger partial charge in [-0.3, -0.25) is 4.68 Å². The minimum Gasteiger partial charge on any atom is -0.493 e. The Kier molecular flexibility index (Phi) is 9.18. The second kappa shape index (κ2) is 13.3. The first-order valence-electron chi connectivity index (χ1n) is 16.2. The summed E-state index contributed by atoms with van der Waals surface area (Å²) in [4.78, 5) is 20.6. The molecule has 46 heavy (non-hydrogen) atoms. The Morgan fingerprint density at radius 2 is 1.78 bits per heavy atom. The first kappa shape index (κ1) is 31.8. The maximum absolute atomic E-state index is 15.2. The number of nitrogens with zero attached hydrogens (tertiary/aromatic N) is 5. The third-order valence-electron chi connectivity index (χ3n) is 9.07. The molecule has 2 aromatic carbocycles. The van der Waals surface area contributed by atoms with Crippen molar-refractivity contribution in [2.75, 3.05) is 32.7 Å². The van der Waals surface area contributed by atoms with Gasteiger partial charge in [-0.25, -0.2) is 9.18 Å². The van der Waals surface area contributed by atoms with Crippen molar-refractivity contribution in [1.29, 1.82) is 0 Å². The van der Waals surface area contributed by atoms with Crippen LogP contribution < -0.4 is 4.74 Å². The number of carbonyl (C=O) groups excluding carboxylic acids is 1. The van der Waals surface area contributed by atoms with Gasteiger partial charge in [0.05, 0.1) is 17.6 Å². The maximum atomic E-state index is 15.2. The lowest BCUT2D eigenvalue weighted by Crippen LogP contribution is -2.50. The summed E-state index contributed by atoms with van der Waals surface area (Å²) < 4.78 is 28.6. The molecule has 6 rings (SSSR count). The zero-order chi connectivity index (χ0) is 32.4. The van der Waals surface area contributed by atoms with E-state index in [1.54, 1.807) is 12.1 Å². The molecule has 244 valence electrons. The van der Waals surface area contributed by atoms with E-state index in [-0.39, 0.29) is 18.3 Å². The molecule has 0 spiro atoms. The molecule has 4 heterocycles. The van der Waals surface area contributed by atoms with E-state index in [1.807, 2.05) is 62.8 Å². The number of hydrogen-bond donors (Lipinski definition) is 1. The third kappa shape index (κ3) is 7.28. The number of aromatic hydroxyl groups is 1. The number of likely N-dealkylation sites (tertiary alicyclic amines) is 2. The van der Waals surface area contributed by atoms with Gasteiger partial charge in [-0.05, 0) is 82.3 Å². The molecule has 0 saturated carbocycles. The van der Waals surface area contributed by atoms with Gasteiger partial charge in [0.1, 0.15) is 24.1 Å². The van der Waals surface area contributed by atoms with Crippen molar-refractivity contribution in [2.24, 2.45) is 13.0 Å². The molecule has 2 fully saturated rings. The monoisotopic (exact) mass is 629 g/mol. The zero-order valence-corrected chi connectivity index (χ0v) is 27.2. The molecule has 0 radical (unpaired) electrons. The number of rotatable bonds is 7. The normalized spacial score (nSPS) is 19.8. The van der Waals surface area contributed by atoms with Crippen molar-refractivity contribution in [3.05, 3.63) is 71.8 Å². The van der Waals surface area contributed by atoms with E-state index in [1.165, 1.54) is 10.5 Å². The summed E-state index contributed by atoms with van der Waals surface area (Å²) in [7, 11) is 1.94. The largest absolute Gasteiger partial charge is 0.493 e. The van der Waals surface area contributed by atoms with Crippen molar-refractivity contribution in [3.63, 3.8) is 0 Å². The number of piperidine rings is 2. The first-order chi connectivity index (χ1) is 22.0. The number of ether oxygens (including phenoxy) is 2. The van der Waals surface area contributed by atoms with Gasteiger partial charge in [0.25, 0.3) is 0 Å². The van der Waals surface area contributed by atoms with Crippen molar-refractivity contribution < 1.29 is 23.8 Å². The van der Waals surface area contributed by atoms with Crippen molar-refractivity contribution >= 4 is 17.0 Å². The fourth-order valence-electron chi connectivity index (χ4n) is 6.61. The molecule has 2 saturated heterocycles. The lowest BCUT2D eigenvalue weighted by atomic mass is 9.87. The Balaban J connectivity index is 1.09. The number of aryl methyl sites for hydroxylation is 1. The number of fused-ring (bicyclic) bond motifs is 1.